The van der Waals surface area contributed by atoms with Crippen LogP contribution >= 0.6 is 0 Å². The van der Waals surface area contributed by atoms with E-state index in [9.17, 15) is 4.79 Å². The lowest BCUT2D eigenvalue weighted by atomic mass is 9.97. The SMILES string of the molecule is C=CCN1CCC(NC(=NC)NCc2cccc(CN3CCCC(C(N)=O)C3)c2)CC1. The molecule has 1 atom stereocenters. The molecule has 0 spiro atoms. The third-order valence-electron chi connectivity index (χ3n) is 6.30. The standard InChI is InChI=1S/C24H38N6O/c1-3-11-29-13-9-22(10-14-29)28-24(26-2)27-16-19-6-4-7-20(15-19)17-30-12-5-8-21(18-30)23(25)31/h3-4,6-7,15,21-22H,1,5,8-14,16-18H2,2H3,(H2,25,31)(H2,26,27,28). The number of nitrogens with zero attached hydrogens (tertiary/aromatic N) is 3. The molecule has 2 fully saturated rings. The zero-order chi connectivity index (χ0) is 22.1. The third-order valence-corrected chi connectivity index (χ3v) is 6.30. The van der Waals surface area contributed by atoms with Crippen LogP contribution in [0.15, 0.2) is 41.9 Å². The fourth-order valence-corrected chi connectivity index (χ4v) is 4.54. The summed E-state index contributed by atoms with van der Waals surface area (Å²) in [6.45, 7) is 10.4. The maximum atomic E-state index is 11.5. The van der Waals surface area contributed by atoms with Crippen molar-refractivity contribution in [2.24, 2.45) is 16.6 Å². The molecule has 1 unspecified atom stereocenters. The highest BCUT2D eigenvalue weighted by atomic mass is 16.1. The van der Waals surface area contributed by atoms with E-state index in [2.05, 4.69) is 56.3 Å². The zero-order valence-electron chi connectivity index (χ0n) is 18.9. The largest absolute Gasteiger partial charge is 0.369 e. The van der Waals surface area contributed by atoms with Crippen molar-refractivity contribution < 1.29 is 4.79 Å². The third kappa shape index (κ3) is 7.36. The lowest BCUT2D eigenvalue weighted by Crippen LogP contribution is -2.48. The van der Waals surface area contributed by atoms with Crippen molar-refractivity contribution in [2.45, 2.75) is 44.8 Å². The van der Waals surface area contributed by atoms with Crippen molar-refractivity contribution in [2.75, 3.05) is 39.8 Å². The Morgan fingerprint density at radius 2 is 2.00 bits per heavy atom. The number of primary amides is 1. The Hall–Kier alpha value is -2.38. The second-order valence-electron chi connectivity index (χ2n) is 8.73. The van der Waals surface area contributed by atoms with Crippen molar-refractivity contribution in [1.29, 1.82) is 0 Å². The van der Waals surface area contributed by atoms with Gasteiger partial charge >= 0.3 is 0 Å². The summed E-state index contributed by atoms with van der Waals surface area (Å²) in [5.41, 5.74) is 8.01. The smallest absolute Gasteiger partial charge is 0.221 e. The second kappa shape index (κ2) is 11.9. The van der Waals surface area contributed by atoms with Gasteiger partial charge < -0.3 is 16.4 Å². The van der Waals surface area contributed by atoms with Crippen LogP contribution in [0.5, 0.6) is 0 Å². The molecule has 2 aliphatic heterocycles. The molecule has 4 N–H and O–H groups in total. The molecule has 170 valence electrons. The van der Waals surface area contributed by atoms with Crippen molar-refractivity contribution >= 4 is 11.9 Å². The highest BCUT2D eigenvalue weighted by Crippen LogP contribution is 2.19. The Morgan fingerprint density at radius 1 is 1.23 bits per heavy atom. The molecule has 1 aromatic carbocycles. The summed E-state index contributed by atoms with van der Waals surface area (Å²) in [5.74, 6) is 0.664. The number of hydrogen-bond acceptors (Lipinski definition) is 4. The lowest BCUT2D eigenvalue weighted by Gasteiger charge is -2.32. The van der Waals surface area contributed by atoms with Gasteiger partial charge in [0.1, 0.15) is 0 Å². The van der Waals surface area contributed by atoms with Crippen LogP contribution in [0.25, 0.3) is 0 Å². The minimum Gasteiger partial charge on any atom is -0.369 e. The summed E-state index contributed by atoms with van der Waals surface area (Å²) in [6.07, 6.45) is 6.15. The van der Waals surface area contributed by atoms with Gasteiger partial charge in [0, 0.05) is 52.4 Å². The van der Waals surface area contributed by atoms with E-state index in [1.54, 1.807) is 0 Å². The molecule has 3 rings (SSSR count). The van der Waals surface area contributed by atoms with E-state index in [1.165, 1.54) is 11.1 Å². The van der Waals surface area contributed by atoms with E-state index in [-0.39, 0.29) is 11.8 Å². The number of piperidine rings is 2. The fraction of sp³-hybridized carbons (Fsp3) is 0.583. The molecule has 0 aliphatic carbocycles. The summed E-state index contributed by atoms with van der Waals surface area (Å²) in [6, 6.07) is 9.09. The molecule has 2 heterocycles. The monoisotopic (exact) mass is 426 g/mol. The van der Waals surface area contributed by atoms with Crippen LogP contribution in [0.3, 0.4) is 0 Å². The molecule has 7 nitrogen and oxygen atoms in total. The molecule has 0 saturated carbocycles. The maximum absolute atomic E-state index is 11.5. The number of rotatable bonds is 8. The van der Waals surface area contributed by atoms with Crippen LogP contribution in [0.2, 0.25) is 0 Å². The zero-order valence-corrected chi connectivity index (χ0v) is 18.9. The molecule has 0 radical (unpaired) electrons. The first-order chi connectivity index (χ1) is 15.1. The van der Waals surface area contributed by atoms with Crippen molar-refractivity contribution in [3.05, 3.63) is 48.0 Å². The van der Waals surface area contributed by atoms with Gasteiger partial charge in [-0.2, -0.15) is 0 Å². The molecular formula is C24H38N6O. The first-order valence-corrected chi connectivity index (χ1v) is 11.5. The summed E-state index contributed by atoms with van der Waals surface area (Å²) in [5, 5.41) is 7.03. The summed E-state index contributed by atoms with van der Waals surface area (Å²) in [7, 11) is 1.82. The number of hydrogen-bond donors (Lipinski definition) is 3. The number of carbonyl (C=O) groups is 1. The van der Waals surface area contributed by atoms with E-state index in [0.717, 1.165) is 77.5 Å². The molecule has 2 aliphatic rings. The first-order valence-electron chi connectivity index (χ1n) is 11.5. The second-order valence-corrected chi connectivity index (χ2v) is 8.73. The van der Waals surface area contributed by atoms with Gasteiger partial charge in [0.25, 0.3) is 0 Å². The van der Waals surface area contributed by atoms with Gasteiger partial charge in [-0.1, -0.05) is 30.3 Å². The van der Waals surface area contributed by atoms with Gasteiger partial charge in [-0.15, -0.1) is 6.58 Å². The molecule has 1 amide bonds. The predicted octanol–water partition coefficient (Wildman–Crippen LogP) is 1.70. The Balaban J connectivity index is 1.46. The van der Waals surface area contributed by atoms with Gasteiger partial charge in [0.2, 0.25) is 5.91 Å². The number of aliphatic imine (C=N–C) groups is 1. The van der Waals surface area contributed by atoms with E-state index >= 15 is 0 Å². The number of carbonyl (C=O) groups excluding carboxylic acids is 1. The molecule has 0 aromatic heterocycles. The van der Waals surface area contributed by atoms with Gasteiger partial charge in [-0.3, -0.25) is 19.6 Å². The number of amides is 1. The Labute approximate surface area is 186 Å². The number of benzene rings is 1. The summed E-state index contributed by atoms with van der Waals surface area (Å²) < 4.78 is 0. The van der Waals surface area contributed by atoms with Crippen molar-refractivity contribution in [3.63, 3.8) is 0 Å². The van der Waals surface area contributed by atoms with E-state index in [0.29, 0.717) is 6.04 Å². The molecular weight excluding hydrogens is 388 g/mol. The number of nitrogens with one attached hydrogen (secondary N) is 2. The highest BCUT2D eigenvalue weighted by Gasteiger charge is 2.24. The molecule has 1 aromatic rings. The number of nitrogens with two attached hydrogens (primary N) is 1. The normalized spacial score (nSPS) is 21.6. The topological polar surface area (TPSA) is 86.0 Å². The summed E-state index contributed by atoms with van der Waals surface area (Å²) in [4.78, 5) is 20.7. The molecule has 2 saturated heterocycles. The van der Waals surface area contributed by atoms with Crippen LogP contribution < -0.4 is 16.4 Å². The predicted molar refractivity (Wildman–Crippen MR) is 127 cm³/mol. The maximum Gasteiger partial charge on any atom is 0.221 e. The van der Waals surface area contributed by atoms with Crippen molar-refractivity contribution in [3.8, 4) is 0 Å². The van der Waals surface area contributed by atoms with Crippen LogP contribution in [0.1, 0.15) is 36.8 Å². The summed E-state index contributed by atoms with van der Waals surface area (Å²) >= 11 is 0. The van der Waals surface area contributed by atoms with E-state index < -0.39 is 0 Å². The fourth-order valence-electron chi connectivity index (χ4n) is 4.54. The average molecular weight is 427 g/mol. The van der Waals surface area contributed by atoms with Crippen molar-refractivity contribution in [1.82, 2.24) is 20.4 Å². The Morgan fingerprint density at radius 3 is 2.71 bits per heavy atom. The molecule has 0 bridgehead atoms. The minimum absolute atomic E-state index is 0.0170. The Kier molecular flexibility index (Phi) is 8.91. The average Bonchev–Trinajstić information content (AvgIpc) is 2.78. The molecule has 7 heteroatoms. The van der Waals surface area contributed by atoms with Crippen LogP contribution in [-0.2, 0) is 17.9 Å². The number of guanidine groups is 1. The van der Waals surface area contributed by atoms with Gasteiger partial charge in [0.05, 0.1) is 5.92 Å². The quantitative estimate of drug-likeness (QED) is 0.335. The van der Waals surface area contributed by atoms with Gasteiger partial charge in [-0.05, 0) is 43.4 Å². The van der Waals surface area contributed by atoms with Crippen LogP contribution in [0, 0.1) is 5.92 Å². The Bertz CT molecular complexity index is 756. The van der Waals surface area contributed by atoms with E-state index in [1.807, 2.05) is 13.1 Å². The highest BCUT2D eigenvalue weighted by molar-refractivity contribution is 5.80. The molecule has 31 heavy (non-hydrogen) atoms. The van der Waals surface area contributed by atoms with Gasteiger partial charge in [-0.25, -0.2) is 0 Å². The number of likely N-dealkylation sites (tertiary alicyclic amines) is 2. The van der Waals surface area contributed by atoms with Crippen LogP contribution in [-0.4, -0.2) is 67.5 Å². The minimum atomic E-state index is -0.173. The van der Waals surface area contributed by atoms with Gasteiger partial charge in [0.15, 0.2) is 5.96 Å². The van der Waals surface area contributed by atoms with Crippen LogP contribution in [0.4, 0.5) is 0 Å². The first kappa shape index (κ1) is 23.3. The van der Waals surface area contributed by atoms with E-state index in [4.69, 9.17) is 5.73 Å². The lowest BCUT2D eigenvalue weighted by molar-refractivity contribution is -0.123.